The highest BCUT2D eigenvalue weighted by atomic mass is 79.9. The largest absolute Gasteiger partial charge is 0.338 e. The molecule has 94 valence electrons. The van der Waals surface area contributed by atoms with Crippen LogP contribution >= 0.6 is 15.9 Å². The molecule has 1 rings (SSSR count). The molecular formula is C12H11BrN2O3. The Bertz CT molecular complexity index is 523. The predicted molar refractivity (Wildman–Crippen MR) is 71.2 cm³/mol. The van der Waals surface area contributed by atoms with Crippen molar-refractivity contribution in [2.45, 2.75) is 19.4 Å². The van der Waals surface area contributed by atoms with Crippen LogP contribution < -0.4 is 5.32 Å². The summed E-state index contributed by atoms with van der Waals surface area (Å²) < 4.78 is 0.468. The normalized spacial score (nSPS) is 11.4. The summed E-state index contributed by atoms with van der Waals surface area (Å²) in [5, 5.41) is 13.3. The van der Waals surface area contributed by atoms with Crippen LogP contribution in [0.25, 0.3) is 0 Å². The quantitative estimate of drug-likeness (QED) is 0.527. The third-order valence-electron chi connectivity index (χ3n) is 2.27. The van der Waals surface area contributed by atoms with Crippen LogP contribution in [0.2, 0.25) is 0 Å². The van der Waals surface area contributed by atoms with Gasteiger partial charge in [-0.05, 0) is 12.5 Å². The average Bonchev–Trinajstić information content (AvgIpc) is 2.34. The van der Waals surface area contributed by atoms with E-state index in [4.69, 9.17) is 6.42 Å². The second kappa shape index (κ2) is 6.17. The number of benzene rings is 1. The molecule has 1 unspecified atom stereocenters. The highest BCUT2D eigenvalue weighted by Gasteiger charge is 2.15. The molecule has 5 nitrogen and oxygen atoms in total. The molecular weight excluding hydrogens is 300 g/mol. The predicted octanol–water partition coefficient (Wildman–Crippen LogP) is 2.50. The lowest BCUT2D eigenvalue weighted by Crippen LogP contribution is -2.33. The van der Waals surface area contributed by atoms with Gasteiger partial charge in [-0.15, -0.1) is 6.42 Å². The molecule has 0 saturated carbocycles. The highest BCUT2D eigenvalue weighted by Crippen LogP contribution is 2.21. The smallest absolute Gasteiger partial charge is 0.271 e. The number of nitro groups is 1. The van der Waals surface area contributed by atoms with Gasteiger partial charge in [0.25, 0.3) is 11.6 Å². The van der Waals surface area contributed by atoms with E-state index < -0.39 is 10.8 Å². The van der Waals surface area contributed by atoms with Gasteiger partial charge in [-0.25, -0.2) is 0 Å². The number of carbonyl (C=O) groups is 1. The molecule has 0 spiro atoms. The summed E-state index contributed by atoms with van der Waals surface area (Å²) in [6, 6.07) is 3.67. The molecule has 0 aromatic heterocycles. The zero-order valence-electron chi connectivity index (χ0n) is 9.64. The molecule has 0 fully saturated rings. The lowest BCUT2D eigenvalue weighted by Gasteiger charge is -2.10. The van der Waals surface area contributed by atoms with Crippen LogP contribution in [0.4, 0.5) is 5.69 Å². The molecule has 0 saturated heterocycles. The van der Waals surface area contributed by atoms with Crippen molar-refractivity contribution >= 4 is 27.5 Å². The minimum atomic E-state index is -0.556. The van der Waals surface area contributed by atoms with Crippen molar-refractivity contribution in [3.8, 4) is 12.3 Å². The Morgan fingerprint density at radius 3 is 2.78 bits per heavy atom. The van der Waals surface area contributed by atoms with Crippen molar-refractivity contribution in [1.82, 2.24) is 5.32 Å². The zero-order chi connectivity index (χ0) is 13.7. The summed E-state index contributed by atoms with van der Waals surface area (Å²) in [7, 11) is 0. The van der Waals surface area contributed by atoms with E-state index in [9.17, 15) is 14.9 Å². The molecule has 0 heterocycles. The fourth-order valence-corrected chi connectivity index (χ4v) is 1.79. The van der Waals surface area contributed by atoms with Crippen LogP contribution in [0.1, 0.15) is 23.7 Å². The standard InChI is InChI=1S/C12H11BrN2O3/c1-3-10(4-2)14-12(16)8-5-9(13)7-11(6-8)15(17)18/h1,5-7,10H,4H2,2H3,(H,14,16). The highest BCUT2D eigenvalue weighted by molar-refractivity contribution is 9.10. The summed E-state index contributed by atoms with van der Waals surface area (Å²) in [5.41, 5.74) is 0.0491. The molecule has 1 atom stereocenters. The third kappa shape index (κ3) is 3.57. The Kier molecular flexibility index (Phi) is 4.86. The Labute approximate surface area is 113 Å². The van der Waals surface area contributed by atoms with Crippen LogP contribution in [0.15, 0.2) is 22.7 Å². The van der Waals surface area contributed by atoms with E-state index in [1.165, 1.54) is 18.2 Å². The maximum Gasteiger partial charge on any atom is 0.271 e. The van der Waals surface area contributed by atoms with Gasteiger partial charge in [0.2, 0.25) is 0 Å². The molecule has 0 aliphatic rings. The molecule has 1 amide bonds. The zero-order valence-corrected chi connectivity index (χ0v) is 11.2. The lowest BCUT2D eigenvalue weighted by atomic mass is 10.1. The number of non-ortho nitro benzene ring substituents is 1. The van der Waals surface area contributed by atoms with Crippen molar-refractivity contribution in [2.24, 2.45) is 0 Å². The number of rotatable bonds is 4. The van der Waals surface area contributed by atoms with Gasteiger partial charge in [0, 0.05) is 22.2 Å². The number of carbonyl (C=O) groups excluding carboxylic acids is 1. The molecule has 0 radical (unpaired) electrons. The number of nitrogens with one attached hydrogen (secondary N) is 1. The monoisotopic (exact) mass is 310 g/mol. The summed E-state index contributed by atoms with van der Waals surface area (Å²) >= 11 is 3.13. The van der Waals surface area contributed by atoms with Crippen LogP contribution in [0.5, 0.6) is 0 Å². The van der Waals surface area contributed by atoms with E-state index in [0.29, 0.717) is 10.9 Å². The van der Waals surface area contributed by atoms with Crippen LogP contribution in [0.3, 0.4) is 0 Å². The van der Waals surface area contributed by atoms with Gasteiger partial charge in [0.05, 0.1) is 11.0 Å². The molecule has 0 aliphatic carbocycles. The number of hydrogen-bond acceptors (Lipinski definition) is 3. The molecule has 6 heteroatoms. The van der Waals surface area contributed by atoms with E-state index in [1.54, 1.807) is 0 Å². The van der Waals surface area contributed by atoms with Gasteiger partial charge in [-0.1, -0.05) is 28.8 Å². The van der Waals surface area contributed by atoms with Crippen molar-refractivity contribution in [1.29, 1.82) is 0 Å². The summed E-state index contributed by atoms with van der Waals surface area (Å²) in [6.45, 7) is 1.84. The number of nitro benzene ring substituents is 1. The minimum absolute atomic E-state index is 0.150. The second-order valence-electron chi connectivity index (χ2n) is 3.56. The first-order chi connectivity index (χ1) is 8.47. The van der Waals surface area contributed by atoms with Crippen LogP contribution in [0, 0.1) is 22.5 Å². The van der Waals surface area contributed by atoms with Crippen molar-refractivity contribution < 1.29 is 9.72 Å². The van der Waals surface area contributed by atoms with E-state index in [1.807, 2.05) is 6.92 Å². The second-order valence-corrected chi connectivity index (χ2v) is 4.47. The Hall–Kier alpha value is -1.87. The maximum absolute atomic E-state index is 11.8. The molecule has 0 bridgehead atoms. The Morgan fingerprint density at radius 1 is 1.61 bits per heavy atom. The molecule has 1 aromatic carbocycles. The van der Waals surface area contributed by atoms with Gasteiger partial charge in [0.1, 0.15) is 0 Å². The van der Waals surface area contributed by atoms with E-state index >= 15 is 0 Å². The number of hydrogen-bond donors (Lipinski definition) is 1. The van der Waals surface area contributed by atoms with Gasteiger partial charge >= 0.3 is 0 Å². The van der Waals surface area contributed by atoms with Crippen molar-refractivity contribution in [3.05, 3.63) is 38.3 Å². The van der Waals surface area contributed by atoms with E-state index in [0.717, 1.165) is 0 Å². The summed E-state index contributed by atoms with van der Waals surface area (Å²) in [6.07, 6.45) is 5.83. The van der Waals surface area contributed by atoms with Crippen molar-refractivity contribution in [3.63, 3.8) is 0 Å². The molecule has 1 N–H and O–H groups in total. The molecule has 1 aromatic rings. The van der Waals surface area contributed by atoms with Gasteiger partial charge < -0.3 is 5.32 Å². The molecule has 0 aliphatic heterocycles. The van der Waals surface area contributed by atoms with Gasteiger partial charge in [-0.2, -0.15) is 0 Å². The maximum atomic E-state index is 11.8. The average molecular weight is 311 g/mol. The van der Waals surface area contributed by atoms with Gasteiger partial charge in [0.15, 0.2) is 0 Å². The van der Waals surface area contributed by atoms with E-state index in [2.05, 4.69) is 27.2 Å². The Balaban J connectivity index is 2.99. The van der Waals surface area contributed by atoms with Crippen LogP contribution in [-0.4, -0.2) is 16.9 Å². The fourth-order valence-electron chi connectivity index (χ4n) is 1.31. The van der Waals surface area contributed by atoms with Crippen LogP contribution in [-0.2, 0) is 0 Å². The SMILES string of the molecule is C#CC(CC)NC(=O)c1cc(Br)cc([N+](=O)[O-])c1. The summed E-state index contributed by atoms with van der Waals surface area (Å²) in [5.74, 6) is 2.00. The first kappa shape index (κ1) is 14.2. The van der Waals surface area contributed by atoms with Crippen molar-refractivity contribution in [2.75, 3.05) is 0 Å². The third-order valence-corrected chi connectivity index (χ3v) is 2.73. The topological polar surface area (TPSA) is 72.2 Å². The molecule has 18 heavy (non-hydrogen) atoms. The fraction of sp³-hybridized carbons (Fsp3) is 0.250. The van der Waals surface area contributed by atoms with E-state index in [-0.39, 0.29) is 17.3 Å². The number of terminal acetylenes is 1. The first-order valence-electron chi connectivity index (χ1n) is 5.20. The lowest BCUT2D eigenvalue weighted by molar-refractivity contribution is -0.385. The minimum Gasteiger partial charge on any atom is -0.338 e. The number of amides is 1. The number of nitrogens with zero attached hydrogens (tertiary/aromatic N) is 1. The van der Waals surface area contributed by atoms with Gasteiger partial charge in [-0.3, -0.25) is 14.9 Å². The first-order valence-corrected chi connectivity index (χ1v) is 5.99. The number of halogens is 1. The Morgan fingerprint density at radius 2 is 2.28 bits per heavy atom. The summed E-state index contributed by atoms with van der Waals surface area (Å²) in [4.78, 5) is 22.0.